The fourth-order valence-corrected chi connectivity index (χ4v) is 4.53. The van der Waals surface area contributed by atoms with Crippen molar-refractivity contribution in [3.8, 4) is 0 Å². The number of carbonyl (C=O) groups excluding carboxylic acids is 3. The molecule has 1 aliphatic rings. The van der Waals surface area contributed by atoms with Crippen LogP contribution in [0.3, 0.4) is 0 Å². The highest BCUT2D eigenvalue weighted by Gasteiger charge is 2.26. The number of fused-ring (bicyclic) bond motifs is 1. The smallest absolute Gasteiger partial charge is 0.410 e. The third-order valence-electron chi connectivity index (χ3n) is 7.20. The first-order chi connectivity index (χ1) is 18.2. The van der Waals surface area contributed by atoms with Crippen LogP contribution in [0.15, 0.2) is 30.4 Å². The van der Waals surface area contributed by atoms with E-state index in [2.05, 4.69) is 4.98 Å². The summed E-state index contributed by atoms with van der Waals surface area (Å²) in [5.41, 5.74) is 1.88. The minimum atomic E-state index is -0.847. The van der Waals surface area contributed by atoms with E-state index in [0.29, 0.717) is 12.8 Å². The van der Waals surface area contributed by atoms with E-state index in [0.717, 1.165) is 22.4 Å². The summed E-state index contributed by atoms with van der Waals surface area (Å²) in [6.07, 6.45) is 2.46. The summed E-state index contributed by atoms with van der Waals surface area (Å²) in [6, 6.07) is 5.80. The van der Waals surface area contributed by atoms with Crippen LogP contribution in [0.4, 0.5) is 4.79 Å². The van der Waals surface area contributed by atoms with E-state index in [1.165, 1.54) is 0 Å². The quantitative estimate of drug-likeness (QED) is 0.398. The number of aryl methyl sites for hydroxylation is 2. The van der Waals surface area contributed by atoms with Crippen LogP contribution in [0.25, 0.3) is 11.0 Å². The fraction of sp³-hybridized carbons (Fsp3) is 0.600. The van der Waals surface area contributed by atoms with Crippen LogP contribution in [0.1, 0.15) is 77.8 Å². The average Bonchev–Trinajstić information content (AvgIpc) is 3.14. The number of nitrogens with zero attached hydrogens (tertiary/aromatic N) is 3. The van der Waals surface area contributed by atoms with Crippen LogP contribution in [0.5, 0.6) is 0 Å². The molecule has 4 atom stereocenters. The molecule has 1 N–H and O–H groups in total. The monoisotopic (exact) mass is 541 g/mol. The number of cyclic esters (lactones) is 1. The van der Waals surface area contributed by atoms with Crippen molar-refractivity contribution in [1.29, 1.82) is 0 Å². The second kappa shape index (κ2) is 12.8. The number of amides is 1. The van der Waals surface area contributed by atoms with Gasteiger partial charge >= 0.3 is 12.1 Å². The van der Waals surface area contributed by atoms with E-state index in [9.17, 15) is 19.5 Å². The molecule has 0 radical (unpaired) electrons. The number of aromatic nitrogens is 2. The fourth-order valence-electron chi connectivity index (χ4n) is 4.53. The van der Waals surface area contributed by atoms with E-state index in [4.69, 9.17) is 9.47 Å². The Morgan fingerprint density at radius 3 is 2.59 bits per heavy atom. The zero-order valence-corrected chi connectivity index (χ0v) is 24.3. The van der Waals surface area contributed by atoms with Crippen LogP contribution in [0, 0.1) is 18.8 Å². The van der Waals surface area contributed by atoms with E-state index in [1.54, 1.807) is 17.9 Å². The zero-order chi connectivity index (χ0) is 28.9. The maximum absolute atomic E-state index is 13.1. The van der Waals surface area contributed by atoms with Crippen molar-refractivity contribution in [3.05, 3.63) is 41.7 Å². The van der Waals surface area contributed by atoms with Crippen LogP contribution in [0.2, 0.25) is 0 Å². The molecule has 9 heteroatoms. The number of ketones is 1. The normalized spacial score (nSPS) is 25.4. The number of hydrogen-bond donors (Lipinski definition) is 1. The molecule has 1 amide bonds. The molecule has 2 heterocycles. The molecule has 0 bridgehead atoms. The Hall–Kier alpha value is -3.20. The first-order valence-corrected chi connectivity index (χ1v) is 13.7. The predicted octanol–water partition coefficient (Wildman–Crippen LogP) is 5.04. The Morgan fingerprint density at radius 2 is 1.90 bits per heavy atom. The number of ether oxygens (including phenoxy) is 2. The van der Waals surface area contributed by atoms with Gasteiger partial charge in [0.25, 0.3) is 0 Å². The molecule has 2 aromatic rings. The molecule has 0 fully saturated rings. The Labute approximate surface area is 231 Å². The lowest BCUT2D eigenvalue weighted by Gasteiger charge is -2.28. The van der Waals surface area contributed by atoms with Crippen LogP contribution in [-0.2, 0) is 26.1 Å². The number of aliphatic hydroxyl groups excluding tert-OH is 1. The van der Waals surface area contributed by atoms with E-state index in [1.807, 2.05) is 70.5 Å². The molecule has 1 aliphatic heterocycles. The molecule has 214 valence electrons. The van der Waals surface area contributed by atoms with E-state index in [-0.39, 0.29) is 43.6 Å². The number of aliphatic hydroxyl groups is 1. The summed E-state index contributed by atoms with van der Waals surface area (Å²) >= 11 is 0. The van der Waals surface area contributed by atoms with Gasteiger partial charge < -0.3 is 24.0 Å². The first-order valence-electron chi connectivity index (χ1n) is 13.7. The first kappa shape index (κ1) is 30.3. The van der Waals surface area contributed by atoms with Gasteiger partial charge in [-0.15, -0.1) is 0 Å². The largest absolute Gasteiger partial charge is 0.457 e. The van der Waals surface area contributed by atoms with Gasteiger partial charge in [0.1, 0.15) is 23.3 Å². The molecular weight excluding hydrogens is 498 g/mol. The van der Waals surface area contributed by atoms with Gasteiger partial charge in [0, 0.05) is 51.2 Å². The van der Waals surface area contributed by atoms with Crippen molar-refractivity contribution in [2.24, 2.45) is 18.9 Å². The maximum atomic E-state index is 13.1. The maximum Gasteiger partial charge on any atom is 0.410 e. The Bertz CT molecular complexity index is 1210. The highest BCUT2D eigenvalue weighted by atomic mass is 16.6. The molecule has 0 saturated carbocycles. The van der Waals surface area contributed by atoms with E-state index < -0.39 is 29.9 Å². The number of esters is 1. The second-order valence-corrected chi connectivity index (χ2v) is 11.6. The van der Waals surface area contributed by atoms with Crippen molar-refractivity contribution >= 4 is 28.9 Å². The second-order valence-electron chi connectivity index (χ2n) is 11.6. The lowest BCUT2D eigenvalue weighted by molar-refractivity contribution is -0.150. The van der Waals surface area contributed by atoms with Crippen molar-refractivity contribution in [3.63, 3.8) is 0 Å². The lowest BCUT2D eigenvalue weighted by Crippen LogP contribution is -2.38. The number of rotatable bonds is 1. The minimum Gasteiger partial charge on any atom is -0.457 e. The Morgan fingerprint density at radius 1 is 1.18 bits per heavy atom. The summed E-state index contributed by atoms with van der Waals surface area (Å²) in [5.74, 6) is -0.281. The highest BCUT2D eigenvalue weighted by molar-refractivity contribution is 5.82. The number of benzene rings is 1. The van der Waals surface area contributed by atoms with Crippen molar-refractivity contribution in [2.75, 3.05) is 13.1 Å². The molecule has 0 saturated heterocycles. The highest BCUT2D eigenvalue weighted by Crippen LogP contribution is 2.28. The molecule has 39 heavy (non-hydrogen) atoms. The van der Waals surface area contributed by atoms with Crippen LogP contribution >= 0.6 is 0 Å². The van der Waals surface area contributed by atoms with Crippen LogP contribution in [-0.4, -0.2) is 62.2 Å². The number of imidazole rings is 1. The number of hydrogen-bond acceptors (Lipinski definition) is 7. The lowest BCUT2D eigenvalue weighted by atomic mass is 9.92. The summed E-state index contributed by atoms with van der Waals surface area (Å²) in [6.45, 7) is 11.5. The molecule has 0 spiro atoms. The molecule has 3 rings (SSSR count). The SMILES string of the molecule is Cc1nc2cc(C3CCN(C(=O)OC(C)(C)C)C/C=C/[C@H](C)C(O)CC(=O)C(C)CCC(=O)O3)ccc2n1C. The minimum absolute atomic E-state index is 0.00360. The van der Waals surface area contributed by atoms with Gasteiger partial charge in [-0.05, 0) is 51.8 Å². The molecule has 0 aliphatic carbocycles. The third kappa shape index (κ3) is 8.39. The topological polar surface area (TPSA) is 111 Å². The molecule has 1 aromatic heterocycles. The molecular formula is C30H43N3O6. The standard InChI is InChI=1S/C30H43N3O6/c1-19-9-8-15-33(29(37)39-30(4,5)6)16-14-27(22-11-12-24-23(17-22)31-21(3)32(24)7)38-28(36)13-10-20(2)26(35)18-25(19)34/h8-9,11-12,17,19-20,25,27,34H,10,13-16,18H2,1-7H3/b9-8+/t19-,20?,25?,27?/m0/s1. The molecule has 1 aromatic carbocycles. The van der Waals surface area contributed by atoms with Crippen LogP contribution < -0.4 is 0 Å². The van der Waals surface area contributed by atoms with Gasteiger partial charge in [0.2, 0.25) is 0 Å². The average molecular weight is 542 g/mol. The van der Waals surface area contributed by atoms with E-state index >= 15 is 0 Å². The summed E-state index contributed by atoms with van der Waals surface area (Å²) in [4.78, 5) is 44.8. The van der Waals surface area contributed by atoms with Gasteiger partial charge in [-0.25, -0.2) is 9.78 Å². The van der Waals surface area contributed by atoms with Crippen molar-refractivity contribution in [1.82, 2.24) is 14.5 Å². The van der Waals surface area contributed by atoms with Gasteiger partial charge in [-0.3, -0.25) is 9.59 Å². The molecule has 3 unspecified atom stereocenters. The zero-order valence-electron chi connectivity index (χ0n) is 24.3. The predicted molar refractivity (Wildman–Crippen MR) is 149 cm³/mol. The Kier molecular flexibility index (Phi) is 9.93. The van der Waals surface area contributed by atoms with Gasteiger partial charge in [-0.2, -0.15) is 0 Å². The van der Waals surface area contributed by atoms with Gasteiger partial charge in [-0.1, -0.05) is 32.1 Å². The third-order valence-corrected chi connectivity index (χ3v) is 7.20. The molecule has 9 nitrogen and oxygen atoms in total. The number of Topliss-reactive ketones (excluding diaryl/α,β-unsaturated/α-hetero) is 1. The van der Waals surface area contributed by atoms with Gasteiger partial charge in [0.05, 0.1) is 17.1 Å². The summed E-state index contributed by atoms with van der Waals surface area (Å²) in [7, 11) is 1.95. The van der Waals surface area contributed by atoms with Gasteiger partial charge in [0.15, 0.2) is 0 Å². The van der Waals surface area contributed by atoms with Crippen molar-refractivity contribution in [2.45, 2.75) is 85.0 Å². The summed E-state index contributed by atoms with van der Waals surface area (Å²) < 4.78 is 13.6. The van der Waals surface area contributed by atoms with Crippen molar-refractivity contribution < 1.29 is 29.0 Å². The number of carbonyl (C=O) groups is 3. The summed E-state index contributed by atoms with van der Waals surface area (Å²) in [5, 5.41) is 10.5. The Balaban J connectivity index is 1.93.